The van der Waals surface area contributed by atoms with Crippen molar-refractivity contribution < 1.29 is 23.9 Å². The van der Waals surface area contributed by atoms with E-state index < -0.39 is 29.7 Å². The third kappa shape index (κ3) is 5.71. The minimum absolute atomic E-state index is 0.0911. The second-order valence-corrected chi connectivity index (χ2v) is 11.6. The molecule has 2 heterocycles. The maximum Gasteiger partial charge on any atom is 0.339 e. The molecule has 45 heavy (non-hydrogen) atoms. The number of ether oxygens (including phenoxy) is 1. The van der Waals surface area contributed by atoms with Crippen LogP contribution in [0.3, 0.4) is 0 Å². The number of aromatic nitrogens is 1. The van der Waals surface area contributed by atoms with Crippen LogP contribution in [0, 0.1) is 6.92 Å². The Morgan fingerprint density at radius 3 is 2.13 bits per heavy atom. The van der Waals surface area contributed by atoms with Crippen LogP contribution in [-0.2, 0) is 4.74 Å². The number of hydrogen-bond acceptors (Lipinski definition) is 6. The Bertz CT molecular complexity index is 1970. The normalized spacial score (nSPS) is 13.2. The lowest BCUT2D eigenvalue weighted by Gasteiger charge is -2.18. The number of anilines is 1. The number of alkyl halides is 1. The maximum absolute atomic E-state index is 13.7. The number of benzene rings is 4. The predicted molar refractivity (Wildman–Crippen MR) is 175 cm³/mol. The molecular formula is C35H23Cl3N2O5. The Kier molecular flexibility index (Phi) is 8.42. The molecule has 0 N–H and O–H groups in total. The highest BCUT2D eigenvalue weighted by atomic mass is 35.5. The van der Waals surface area contributed by atoms with Crippen molar-refractivity contribution >= 4 is 75.0 Å². The Balaban J connectivity index is 1.36. The largest absolute Gasteiger partial charge is 0.450 e. The van der Waals surface area contributed by atoms with Crippen LogP contribution >= 0.6 is 34.8 Å². The van der Waals surface area contributed by atoms with Gasteiger partial charge in [0, 0.05) is 38.9 Å². The summed E-state index contributed by atoms with van der Waals surface area (Å²) < 4.78 is 5.79. The number of pyridine rings is 1. The Morgan fingerprint density at radius 2 is 1.51 bits per heavy atom. The van der Waals surface area contributed by atoms with Crippen molar-refractivity contribution in [3.63, 3.8) is 0 Å². The summed E-state index contributed by atoms with van der Waals surface area (Å²) in [4.78, 5) is 58.9. The molecule has 7 nitrogen and oxygen atoms in total. The summed E-state index contributed by atoms with van der Waals surface area (Å²) in [5.74, 6) is -1.84. The van der Waals surface area contributed by atoms with Gasteiger partial charge in [-0.2, -0.15) is 0 Å². The monoisotopic (exact) mass is 656 g/mol. The van der Waals surface area contributed by atoms with Crippen molar-refractivity contribution in [2.45, 2.75) is 19.4 Å². The van der Waals surface area contributed by atoms with E-state index in [1.165, 1.54) is 0 Å². The molecule has 10 heteroatoms. The summed E-state index contributed by atoms with van der Waals surface area (Å²) in [6, 6.07) is 24.6. The summed E-state index contributed by atoms with van der Waals surface area (Å²) in [6.07, 6.45) is -1.02. The smallest absolute Gasteiger partial charge is 0.339 e. The van der Waals surface area contributed by atoms with Crippen molar-refractivity contribution in [3.8, 4) is 11.3 Å². The first-order chi connectivity index (χ1) is 21.7. The molecule has 1 aliphatic rings. The average molecular weight is 658 g/mol. The molecule has 1 unspecified atom stereocenters. The molecule has 0 radical (unpaired) electrons. The van der Waals surface area contributed by atoms with Crippen LogP contribution in [0.5, 0.6) is 0 Å². The molecule has 0 spiro atoms. The fraction of sp³-hybridized carbons (Fsp3) is 0.114. The standard InChI is InChI=1S/C35H23Cl3N2O5/c1-19-28(38)15-14-24-27(35(44)45-30(16-17-36)32(41)21-6-10-22(37)11-7-21)18-29(39-31(19)24)20-8-12-23(13-9-20)40-33(42)25-4-2-3-5-26(25)34(40)43/h2-15,18,30H,16-17H2,1H3. The number of aryl methyl sites for hydroxylation is 1. The number of carbonyl (C=O) groups is 4. The number of ketones is 1. The lowest BCUT2D eigenvalue weighted by atomic mass is 10.0. The number of Topliss-reactive ketones (excluding diaryl/α,β-unsaturated/α-hetero) is 1. The van der Waals surface area contributed by atoms with E-state index in [9.17, 15) is 19.2 Å². The molecule has 0 fully saturated rings. The van der Waals surface area contributed by atoms with Crippen LogP contribution in [-0.4, -0.2) is 40.5 Å². The van der Waals surface area contributed by atoms with Gasteiger partial charge in [0.15, 0.2) is 6.10 Å². The van der Waals surface area contributed by atoms with Gasteiger partial charge >= 0.3 is 5.97 Å². The van der Waals surface area contributed by atoms with E-state index in [1.807, 2.05) is 0 Å². The van der Waals surface area contributed by atoms with Gasteiger partial charge in [0.25, 0.3) is 11.8 Å². The molecule has 5 aromatic rings. The van der Waals surface area contributed by atoms with Gasteiger partial charge in [-0.3, -0.25) is 14.4 Å². The first kappa shape index (κ1) is 30.5. The van der Waals surface area contributed by atoms with Crippen molar-refractivity contribution in [1.29, 1.82) is 0 Å². The van der Waals surface area contributed by atoms with Crippen LogP contribution < -0.4 is 4.90 Å². The summed E-state index contributed by atoms with van der Waals surface area (Å²) in [7, 11) is 0. The van der Waals surface area contributed by atoms with Gasteiger partial charge in [0.1, 0.15) is 0 Å². The number of amides is 2. The van der Waals surface area contributed by atoms with Gasteiger partial charge in [0.2, 0.25) is 5.78 Å². The molecule has 1 atom stereocenters. The number of fused-ring (bicyclic) bond motifs is 2. The topological polar surface area (TPSA) is 93.6 Å². The number of nitrogens with zero attached hydrogens (tertiary/aromatic N) is 2. The van der Waals surface area contributed by atoms with Crippen LogP contribution in [0.15, 0.2) is 91.0 Å². The van der Waals surface area contributed by atoms with Gasteiger partial charge in [-0.1, -0.05) is 53.5 Å². The molecular weight excluding hydrogens is 635 g/mol. The molecule has 224 valence electrons. The zero-order valence-corrected chi connectivity index (χ0v) is 26.0. The zero-order chi connectivity index (χ0) is 31.8. The van der Waals surface area contributed by atoms with Crippen molar-refractivity contribution in [3.05, 3.63) is 129 Å². The molecule has 6 rings (SSSR count). The maximum atomic E-state index is 13.7. The molecule has 4 aromatic carbocycles. The van der Waals surface area contributed by atoms with E-state index in [1.54, 1.807) is 97.9 Å². The van der Waals surface area contributed by atoms with Crippen molar-refractivity contribution in [1.82, 2.24) is 4.98 Å². The number of imide groups is 1. The predicted octanol–water partition coefficient (Wildman–Crippen LogP) is 8.35. The second-order valence-electron chi connectivity index (χ2n) is 10.4. The number of rotatable bonds is 8. The van der Waals surface area contributed by atoms with E-state index in [0.29, 0.717) is 60.1 Å². The summed E-state index contributed by atoms with van der Waals surface area (Å²) in [5.41, 5.74) is 3.78. The molecule has 1 aliphatic heterocycles. The molecule has 1 aromatic heterocycles. The molecule has 0 saturated carbocycles. The third-order valence-electron chi connectivity index (χ3n) is 7.65. The highest BCUT2D eigenvalue weighted by molar-refractivity contribution is 6.34. The third-order valence-corrected chi connectivity index (χ3v) is 8.53. The lowest BCUT2D eigenvalue weighted by Crippen LogP contribution is -2.29. The summed E-state index contributed by atoms with van der Waals surface area (Å²) in [6.45, 7) is 1.79. The molecule has 2 amide bonds. The summed E-state index contributed by atoms with van der Waals surface area (Å²) >= 11 is 18.4. The minimum atomic E-state index is -1.13. The van der Waals surface area contributed by atoms with Crippen LogP contribution in [0.25, 0.3) is 22.2 Å². The molecule has 0 aliphatic carbocycles. The average Bonchev–Trinajstić information content (AvgIpc) is 3.31. The van der Waals surface area contributed by atoms with Crippen molar-refractivity contribution in [2.24, 2.45) is 0 Å². The zero-order valence-electron chi connectivity index (χ0n) is 23.7. The Labute approximate surface area is 273 Å². The first-order valence-corrected chi connectivity index (χ1v) is 15.2. The van der Waals surface area contributed by atoms with Gasteiger partial charge in [-0.25, -0.2) is 14.7 Å². The van der Waals surface area contributed by atoms with E-state index in [-0.39, 0.29) is 17.9 Å². The number of halogens is 3. The van der Waals surface area contributed by atoms with Gasteiger partial charge in [-0.15, -0.1) is 11.6 Å². The second kappa shape index (κ2) is 12.4. The number of esters is 1. The quantitative estimate of drug-likeness (QED) is 0.0721. The molecule has 0 bridgehead atoms. The highest BCUT2D eigenvalue weighted by Gasteiger charge is 2.36. The Morgan fingerprint density at radius 1 is 0.867 bits per heavy atom. The first-order valence-electron chi connectivity index (χ1n) is 13.9. The van der Waals surface area contributed by atoms with Crippen LogP contribution in [0.1, 0.15) is 53.4 Å². The summed E-state index contributed by atoms with van der Waals surface area (Å²) in [5, 5.41) is 1.43. The molecule has 0 saturated heterocycles. The van der Waals surface area contributed by atoms with E-state index >= 15 is 0 Å². The number of carbonyl (C=O) groups excluding carboxylic acids is 4. The van der Waals surface area contributed by atoms with Gasteiger partial charge in [-0.05, 0) is 73.2 Å². The van der Waals surface area contributed by atoms with Crippen molar-refractivity contribution in [2.75, 3.05) is 10.8 Å². The van der Waals surface area contributed by atoms with Gasteiger partial charge in [0.05, 0.1) is 33.6 Å². The Hall–Kier alpha value is -4.56. The van der Waals surface area contributed by atoms with E-state index in [4.69, 9.17) is 44.5 Å². The van der Waals surface area contributed by atoms with Crippen LogP contribution in [0.4, 0.5) is 5.69 Å². The number of hydrogen-bond donors (Lipinski definition) is 0. The van der Waals surface area contributed by atoms with E-state index in [2.05, 4.69) is 0 Å². The fourth-order valence-electron chi connectivity index (χ4n) is 5.26. The fourth-order valence-corrected chi connectivity index (χ4v) is 5.74. The minimum Gasteiger partial charge on any atom is -0.450 e. The lowest BCUT2D eigenvalue weighted by molar-refractivity contribution is 0.0280. The van der Waals surface area contributed by atoms with Gasteiger partial charge < -0.3 is 4.74 Å². The van der Waals surface area contributed by atoms with Crippen LogP contribution in [0.2, 0.25) is 10.0 Å². The van der Waals surface area contributed by atoms with E-state index in [0.717, 1.165) is 4.90 Å². The SMILES string of the molecule is Cc1c(Cl)ccc2c(C(=O)OC(CCCl)C(=O)c3ccc(Cl)cc3)cc(-c3ccc(N4C(=O)c5ccccc5C4=O)cc3)nc12. The highest BCUT2D eigenvalue weighted by Crippen LogP contribution is 2.33.